The number of hydrogen-bond acceptors (Lipinski definition) is 4. The summed E-state index contributed by atoms with van der Waals surface area (Å²) in [5, 5.41) is 11.5. The van der Waals surface area contributed by atoms with Gasteiger partial charge in [-0.05, 0) is 53.6 Å². The Morgan fingerprint density at radius 1 is 0.933 bits per heavy atom. The lowest BCUT2D eigenvalue weighted by molar-refractivity contribution is 0.423. The van der Waals surface area contributed by atoms with E-state index in [0.29, 0.717) is 27.7 Å². The molecule has 0 unspecified atom stereocenters. The Kier molecular flexibility index (Phi) is 5.35. The standard InChI is InChI=1S/C24H30N2O3S/c1-15-10-11-20(17-9-8-12-25-21(15)17)30(28,29)26-16-13-18(23(2,3)4)22(27)19(14-16)24(5,6)7/h8-14,26-27H,1-7H3. The molecule has 3 rings (SSSR count). The van der Waals surface area contributed by atoms with Crippen LogP contribution in [0.5, 0.6) is 5.75 Å². The van der Waals surface area contributed by atoms with Crippen LogP contribution >= 0.6 is 0 Å². The van der Waals surface area contributed by atoms with E-state index in [1.807, 2.05) is 48.5 Å². The van der Waals surface area contributed by atoms with Crippen LogP contribution in [0.15, 0.2) is 47.5 Å². The van der Waals surface area contributed by atoms with E-state index in [4.69, 9.17) is 0 Å². The fraction of sp³-hybridized carbons (Fsp3) is 0.375. The first-order valence-electron chi connectivity index (χ1n) is 9.97. The van der Waals surface area contributed by atoms with Crippen LogP contribution in [0.25, 0.3) is 10.9 Å². The third-order valence-electron chi connectivity index (χ3n) is 5.20. The number of aryl methyl sites for hydroxylation is 1. The number of sulfonamides is 1. The number of anilines is 1. The van der Waals surface area contributed by atoms with Gasteiger partial charge in [-0.1, -0.05) is 47.6 Å². The predicted octanol–water partition coefficient (Wildman–Crippen LogP) is 5.64. The number of nitrogens with one attached hydrogen (secondary N) is 1. The van der Waals surface area contributed by atoms with E-state index in [-0.39, 0.29) is 21.5 Å². The molecule has 0 fully saturated rings. The van der Waals surface area contributed by atoms with Crippen LogP contribution in [-0.2, 0) is 20.9 Å². The van der Waals surface area contributed by atoms with E-state index in [2.05, 4.69) is 9.71 Å². The number of aromatic nitrogens is 1. The minimum Gasteiger partial charge on any atom is -0.507 e. The molecule has 2 N–H and O–H groups in total. The summed E-state index contributed by atoms with van der Waals surface area (Å²) in [7, 11) is -3.87. The third-order valence-corrected chi connectivity index (χ3v) is 6.64. The molecule has 0 aliphatic carbocycles. The molecule has 0 saturated heterocycles. The first-order valence-corrected chi connectivity index (χ1v) is 11.5. The van der Waals surface area contributed by atoms with Gasteiger partial charge in [-0.15, -0.1) is 0 Å². The second kappa shape index (κ2) is 7.27. The Bertz CT molecular complexity index is 1180. The topological polar surface area (TPSA) is 79.3 Å². The first-order chi connectivity index (χ1) is 13.7. The Morgan fingerprint density at radius 2 is 1.50 bits per heavy atom. The highest BCUT2D eigenvalue weighted by atomic mass is 32.2. The summed E-state index contributed by atoms with van der Waals surface area (Å²) in [5.41, 5.74) is 2.69. The van der Waals surface area contributed by atoms with Crippen molar-refractivity contribution in [2.24, 2.45) is 0 Å². The SMILES string of the molecule is Cc1ccc(S(=O)(=O)Nc2cc(C(C)(C)C)c(O)c(C(C)(C)C)c2)c2cccnc12. The highest BCUT2D eigenvalue weighted by molar-refractivity contribution is 7.93. The second-order valence-electron chi connectivity index (χ2n) is 9.81. The third kappa shape index (κ3) is 4.15. The van der Waals surface area contributed by atoms with Crippen molar-refractivity contribution < 1.29 is 13.5 Å². The predicted molar refractivity (Wildman–Crippen MR) is 123 cm³/mol. The molecule has 0 radical (unpaired) electrons. The number of pyridine rings is 1. The summed E-state index contributed by atoms with van der Waals surface area (Å²) in [6, 6.07) is 10.3. The van der Waals surface area contributed by atoms with Gasteiger partial charge in [0.1, 0.15) is 5.75 Å². The zero-order valence-electron chi connectivity index (χ0n) is 18.7. The van der Waals surface area contributed by atoms with Gasteiger partial charge in [0.15, 0.2) is 0 Å². The van der Waals surface area contributed by atoms with Crippen LogP contribution in [0, 0.1) is 6.92 Å². The average Bonchev–Trinajstić information content (AvgIpc) is 2.61. The van der Waals surface area contributed by atoms with Gasteiger partial charge in [0.25, 0.3) is 10.0 Å². The normalized spacial score (nSPS) is 12.9. The summed E-state index contributed by atoms with van der Waals surface area (Å²) in [4.78, 5) is 4.52. The van der Waals surface area contributed by atoms with Gasteiger partial charge >= 0.3 is 0 Å². The van der Waals surface area contributed by atoms with Gasteiger partial charge in [0.05, 0.1) is 10.4 Å². The number of phenols is 1. The zero-order valence-corrected chi connectivity index (χ0v) is 19.5. The Hall–Kier alpha value is -2.60. The van der Waals surface area contributed by atoms with Crippen LogP contribution in [0.2, 0.25) is 0 Å². The van der Waals surface area contributed by atoms with Gasteiger partial charge in [0.2, 0.25) is 0 Å². The molecule has 0 aliphatic rings. The first kappa shape index (κ1) is 22.1. The van der Waals surface area contributed by atoms with Crippen LogP contribution in [-0.4, -0.2) is 18.5 Å². The van der Waals surface area contributed by atoms with E-state index in [1.165, 1.54) is 0 Å². The Balaban J connectivity index is 2.18. The van der Waals surface area contributed by atoms with Gasteiger partial charge < -0.3 is 5.11 Å². The monoisotopic (exact) mass is 426 g/mol. The molecule has 2 aromatic carbocycles. The number of nitrogens with zero attached hydrogens (tertiary/aromatic N) is 1. The van der Waals surface area contributed by atoms with Gasteiger partial charge in [0, 0.05) is 28.4 Å². The molecule has 1 heterocycles. The molecule has 0 atom stereocenters. The largest absolute Gasteiger partial charge is 0.507 e. The average molecular weight is 427 g/mol. The quantitative estimate of drug-likeness (QED) is 0.531. The van der Waals surface area contributed by atoms with Crippen LogP contribution in [0.1, 0.15) is 58.2 Å². The summed E-state index contributed by atoms with van der Waals surface area (Å²) in [5.74, 6) is 0.211. The van der Waals surface area contributed by atoms with Crippen molar-refractivity contribution in [2.75, 3.05) is 4.72 Å². The van der Waals surface area contributed by atoms with E-state index in [0.717, 1.165) is 5.56 Å². The minimum atomic E-state index is -3.87. The molecule has 30 heavy (non-hydrogen) atoms. The van der Waals surface area contributed by atoms with Crippen molar-refractivity contribution in [3.8, 4) is 5.75 Å². The minimum absolute atomic E-state index is 0.180. The fourth-order valence-electron chi connectivity index (χ4n) is 3.57. The van der Waals surface area contributed by atoms with E-state index in [9.17, 15) is 13.5 Å². The summed E-state index contributed by atoms with van der Waals surface area (Å²) < 4.78 is 29.4. The maximum atomic E-state index is 13.3. The summed E-state index contributed by atoms with van der Waals surface area (Å²) >= 11 is 0. The van der Waals surface area contributed by atoms with Crippen LogP contribution < -0.4 is 4.72 Å². The second-order valence-corrected chi connectivity index (χ2v) is 11.5. The molecular weight excluding hydrogens is 396 g/mol. The van der Waals surface area contributed by atoms with Crippen LogP contribution in [0.3, 0.4) is 0 Å². The molecule has 0 aliphatic heterocycles. The number of benzene rings is 2. The van der Waals surface area contributed by atoms with E-state index < -0.39 is 10.0 Å². The van der Waals surface area contributed by atoms with Crippen molar-refractivity contribution in [3.63, 3.8) is 0 Å². The molecule has 0 spiro atoms. The molecule has 5 nitrogen and oxygen atoms in total. The molecule has 1 aromatic heterocycles. The number of phenolic OH excluding ortho intramolecular Hbond substituents is 1. The number of aromatic hydroxyl groups is 1. The highest BCUT2D eigenvalue weighted by Gasteiger charge is 2.28. The van der Waals surface area contributed by atoms with Crippen LogP contribution in [0.4, 0.5) is 5.69 Å². The van der Waals surface area contributed by atoms with Crippen molar-refractivity contribution >= 4 is 26.6 Å². The zero-order chi connectivity index (χ0) is 22.5. The Morgan fingerprint density at radius 3 is 2.03 bits per heavy atom. The maximum Gasteiger partial charge on any atom is 0.262 e. The van der Waals surface area contributed by atoms with Gasteiger partial charge in [-0.3, -0.25) is 9.71 Å². The molecule has 6 heteroatoms. The molecule has 0 saturated carbocycles. The van der Waals surface area contributed by atoms with Gasteiger partial charge in [-0.25, -0.2) is 8.42 Å². The van der Waals surface area contributed by atoms with E-state index in [1.54, 1.807) is 42.6 Å². The lowest BCUT2D eigenvalue weighted by atomic mass is 9.79. The fourth-order valence-corrected chi connectivity index (χ4v) is 4.81. The van der Waals surface area contributed by atoms with Crippen molar-refractivity contribution in [1.82, 2.24) is 4.98 Å². The number of hydrogen-bond donors (Lipinski definition) is 2. The smallest absolute Gasteiger partial charge is 0.262 e. The molecular formula is C24H30N2O3S. The molecule has 0 bridgehead atoms. The van der Waals surface area contributed by atoms with Gasteiger partial charge in [-0.2, -0.15) is 0 Å². The number of rotatable bonds is 3. The molecule has 0 amide bonds. The summed E-state index contributed by atoms with van der Waals surface area (Å²) in [6.45, 7) is 13.9. The van der Waals surface area contributed by atoms with Crippen molar-refractivity contribution in [2.45, 2.75) is 64.2 Å². The molecule has 160 valence electrons. The van der Waals surface area contributed by atoms with E-state index >= 15 is 0 Å². The Labute approximate surface area is 179 Å². The van der Waals surface area contributed by atoms with Crippen molar-refractivity contribution in [1.29, 1.82) is 0 Å². The van der Waals surface area contributed by atoms with Crippen molar-refractivity contribution in [3.05, 3.63) is 59.3 Å². The lowest BCUT2D eigenvalue weighted by Crippen LogP contribution is -2.20. The highest BCUT2D eigenvalue weighted by Crippen LogP contribution is 2.41. The maximum absolute atomic E-state index is 13.3. The lowest BCUT2D eigenvalue weighted by Gasteiger charge is -2.28. The molecule has 3 aromatic rings. The summed E-state index contributed by atoms with van der Waals surface area (Å²) in [6.07, 6.45) is 1.66. The number of fused-ring (bicyclic) bond motifs is 1.